The van der Waals surface area contributed by atoms with E-state index in [0.717, 1.165) is 28.5 Å². The summed E-state index contributed by atoms with van der Waals surface area (Å²) in [7, 11) is 0. The first-order valence-corrected chi connectivity index (χ1v) is 10.9. The number of nitrogens with zero attached hydrogens (tertiary/aromatic N) is 1. The number of amides is 1. The maximum atomic E-state index is 13.3. The topological polar surface area (TPSA) is 63.9 Å². The molecule has 1 atom stereocenters. The maximum absolute atomic E-state index is 13.3. The second-order valence-corrected chi connectivity index (χ2v) is 7.68. The van der Waals surface area contributed by atoms with Gasteiger partial charge in [0, 0.05) is 5.69 Å². The van der Waals surface area contributed by atoms with Crippen LogP contribution in [0.15, 0.2) is 102 Å². The first-order valence-electron chi connectivity index (χ1n) is 10.9. The zero-order valence-corrected chi connectivity index (χ0v) is 18.0. The summed E-state index contributed by atoms with van der Waals surface area (Å²) in [6, 6.07) is 28.7. The highest BCUT2D eigenvalue weighted by molar-refractivity contribution is 6.01. The van der Waals surface area contributed by atoms with Crippen LogP contribution in [-0.2, 0) is 6.54 Å². The third-order valence-electron chi connectivity index (χ3n) is 5.49. The van der Waals surface area contributed by atoms with Gasteiger partial charge in [-0.1, -0.05) is 42.5 Å². The molecule has 0 saturated carbocycles. The Bertz CT molecular complexity index is 1190. The summed E-state index contributed by atoms with van der Waals surface area (Å²) in [6.45, 7) is 1.26. The minimum atomic E-state index is -0.326. The smallest absolute Gasteiger partial charge is 0.258 e. The molecule has 1 amide bonds. The van der Waals surface area contributed by atoms with Gasteiger partial charge in [-0.15, -0.1) is 0 Å². The molecule has 1 N–H and O–H groups in total. The number of carbonyl (C=O) groups excluding carboxylic acids is 1. The Morgan fingerprint density at radius 1 is 0.788 bits per heavy atom. The van der Waals surface area contributed by atoms with Crippen molar-refractivity contribution in [1.29, 1.82) is 0 Å². The molecule has 0 spiro atoms. The average molecular weight is 440 g/mol. The molecule has 166 valence electrons. The molecule has 6 heteroatoms. The van der Waals surface area contributed by atoms with Crippen molar-refractivity contribution in [1.82, 2.24) is 4.90 Å². The maximum Gasteiger partial charge on any atom is 0.258 e. The summed E-state index contributed by atoms with van der Waals surface area (Å²) in [5, 5.41) is 3.50. The van der Waals surface area contributed by atoms with E-state index < -0.39 is 0 Å². The van der Waals surface area contributed by atoms with Crippen LogP contribution in [0.1, 0.15) is 27.8 Å². The van der Waals surface area contributed by atoms with Gasteiger partial charge in [0.1, 0.15) is 36.6 Å². The monoisotopic (exact) mass is 440 g/mol. The van der Waals surface area contributed by atoms with E-state index in [2.05, 4.69) is 5.32 Å². The number of benzene rings is 3. The predicted octanol–water partition coefficient (Wildman–Crippen LogP) is 5.50. The first-order chi connectivity index (χ1) is 16.3. The van der Waals surface area contributed by atoms with Crippen molar-refractivity contribution in [3.63, 3.8) is 0 Å². The van der Waals surface area contributed by atoms with Crippen LogP contribution < -0.4 is 14.8 Å². The summed E-state index contributed by atoms with van der Waals surface area (Å²) in [4.78, 5) is 15.1. The van der Waals surface area contributed by atoms with E-state index in [9.17, 15) is 4.79 Å². The highest BCUT2D eigenvalue weighted by Crippen LogP contribution is 2.34. The van der Waals surface area contributed by atoms with Gasteiger partial charge in [0.25, 0.3) is 5.91 Å². The van der Waals surface area contributed by atoms with Crippen molar-refractivity contribution < 1.29 is 18.7 Å². The van der Waals surface area contributed by atoms with E-state index >= 15 is 0 Å². The molecule has 1 unspecified atom stereocenters. The van der Waals surface area contributed by atoms with Crippen LogP contribution in [0.2, 0.25) is 0 Å². The Morgan fingerprint density at radius 3 is 2.21 bits per heavy atom. The lowest BCUT2D eigenvalue weighted by Crippen LogP contribution is -2.42. The van der Waals surface area contributed by atoms with E-state index in [-0.39, 0.29) is 12.1 Å². The molecule has 5 rings (SSSR count). The van der Waals surface area contributed by atoms with Crippen LogP contribution in [-0.4, -0.2) is 24.0 Å². The van der Waals surface area contributed by atoms with Gasteiger partial charge in [0.2, 0.25) is 0 Å². The summed E-state index contributed by atoms with van der Waals surface area (Å²) in [5.74, 6) is 2.26. The molecule has 1 aliphatic rings. The molecule has 0 saturated heterocycles. The predicted molar refractivity (Wildman–Crippen MR) is 125 cm³/mol. The van der Waals surface area contributed by atoms with Crippen LogP contribution in [0.4, 0.5) is 5.69 Å². The lowest BCUT2D eigenvalue weighted by molar-refractivity contribution is 0.0651. The average Bonchev–Trinajstić information content (AvgIpc) is 3.38. The zero-order chi connectivity index (χ0) is 22.5. The Labute approximate surface area is 192 Å². The summed E-state index contributed by atoms with van der Waals surface area (Å²) < 4.78 is 17.0. The van der Waals surface area contributed by atoms with Gasteiger partial charge in [0.05, 0.1) is 18.4 Å². The van der Waals surface area contributed by atoms with Crippen molar-refractivity contribution >= 4 is 11.6 Å². The van der Waals surface area contributed by atoms with Crippen molar-refractivity contribution in [2.45, 2.75) is 12.7 Å². The third-order valence-corrected chi connectivity index (χ3v) is 5.49. The fourth-order valence-electron chi connectivity index (χ4n) is 3.87. The van der Waals surface area contributed by atoms with Crippen molar-refractivity contribution in [2.75, 3.05) is 18.5 Å². The second-order valence-electron chi connectivity index (χ2n) is 7.68. The lowest BCUT2D eigenvalue weighted by Gasteiger charge is -2.37. The zero-order valence-electron chi connectivity index (χ0n) is 18.0. The molecular weight excluding hydrogens is 416 g/mol. The normalized spacial score (nSPS) is 15.0. The quantitative estimate of drug-likeness (QED) is 0.366. The molecular formula is C27H24N2O4. The second kappa shape index (κ2) is 9.53. The molecule has 0 bridgehead atoms. The van der Waals surface area contributed by atoms with Crippen molar-refractivity contribution in [2.24, 2.45) is 0 Å². The Hall–Kier alpha value is -4.19. The Morgan fingerprint density at radius 2 is 1.48 bits per heavy atom. The molecule has 6 nitrogen and oxygen atoms in total. The molecule has 2 heterocycles. The Kier molecular flexibility index (Phi) is 5.97. The van der Waals surface area contributed by atoms with E-state index in [0.29, 0.717) is 25.3 Å². The molecule has 1 aromatic heterocycles. The number of furan rings is 1. The molecule has 1 aliphatic heterocycles. The number of nitrogens with one attached hydrogen (secondary N) is 1. The van der Waals surface area contributed by atoms with Crippen molar-refractivity contribution in [3.05, 3.63) is 114 Å². The number of rotatable bonds is 8. The van der Waals surface area contributed by atoms with Crippen molar-refractivity contribution in [3.8, 4) is 11.5 Å². The number of hydrogen-bond donors (Lipinski definition) is 1. The number of ether oxygens (including phenoxy) is 2. The van der Waals surface area contributed by atoms with Gasteiger partial charge in [-0.3, -0.25) is 4.79 Å². The fraction of sp³-hybridized carbons (Fsp3) is 0.148. The minimum Gasteiger partial charge on any atom is -0.490 e. The summed E-state index contributed by atoms with van der Waals surface area (Å²) in [5.41, 5.74) is 2.43. The van der Waals surface area contributed by atoms with Crippen LogP contribution in [0.25, 0.3) is 0 Å². The number of hydrogen-bond acceptors (Lipinski definition) is 5. The minimum absolute atomic E-state index is 0.0378. The largest absolute Gasteiger partial charge is 0.490 e. The highest BCUT2D eigenvalue weighted by Gasteiger charge is 2.33. The number of anilines is 1. The third kappa shape index (κ3) is 4.70. The number of para-hydroxylation sites is 2. The molecule has 0 fully saturated rings. The molecule has 0 aliphatic carbocycles. The van der Waals surface area contributed by atoms with Gasteiger partial charge < -0.3 is 24.1 Å². The summed E-state index contributed by atoms with van der Waals surface area (Å²) in [6.07, 6.45) is 1.29. The van der Waals surface area contributed by atoms with Gasteiger partial charge in [-0.25, -0.2) is 0 Å². The van der Waals surface area contributed by atoms with E-state index in [1.54, 1.807) is 11.2 Å². The fourth-order valence-corrected chi connectivity index (χ4v) is 3.87. The molecule has 0 radical (unpaired) electrons. The number of fused-ring (bicyclic) bond motifs is 1. The van der Waals surface area contributed by atoms with Gasteiger partial charge >= 0.3 is 0 Å². The van der Waals surface area contributed by atoms with Crippen LogP contribution in [0.3, 0.4) is 0 Å². The van der Waals surface area contributed by atoms with Gasteiger partial charge in [-0.2, -0.15) is 0 Å². The number of carbonyl (C=O) groups is 1. The van der Waals surface area contributed by atoms with Gasteiger partial charge in [-0.05, 0) is 54.1 Å². The summed E-state index contributed by atoms with van der Waals surface area (Å²) >= 11 is 0. The van der Waals surface area contributed by atoms with Crippen LogP contribution in [0, 0.1) is 0 Å². The van der Waals surface area contributed by atoms with Crippen LogP contribution >= 0.6 is 0 Å². The highest BCUT2D eigenvalue weighted by atomic mass is 16.5. The molecule has 4 aromatic rings. The molecule has 3 aromatic carbocycles. The molecule has 33 heavy (non-hydrogen) atoms. The van der Waals surface area contributed by atoms with E-state index in [1.807, 2.05) is 91.0 Å². The van der Waals surface area contributed by atoms with Gasteiger partial charge in [0.15, 0.2) is 0 Å². The lowest BCUT2D eigenvalue weighted by atomic mass is 10.0. The first kappa shape index (κ1) is 20.7. The SMILES string of the molecule is O=C1c2ccccc2NC(c2ccc(OCCOc3ccccc3)cc2)N1Cc1ccco1. The van der Waals surface area contributed by atoms with E-state index in [1.165, 1.54) is 0 Å². The Balaban J connectivity index is 1.28. The standard InChI is InChI=1S/C27H24N2O4/c30-27-24-10-4-5-11-25(24)28-26(29(27)19-23-9-6-16-31-23)20-12-14-22(15-13-20)33-18-17-32-21-7-2-1-3-8-21/h1-16,26,28H,17-19H2. The van der Waals surface area contributed by atoms with Crippen LogP contribution in [0.5, 0.6) is 11.5 Å². The van der Waals surface area contributed by atoms with E-state index in [4.69, 9.17) is 13.9 Å².